The molecule has 0 radical (unpaired) electrons. The third-order valence-electron chi connectivity index (χ3n) is 4.97. The van der Waals surface area contributed by atoms with Crippen molar-refractivity contribution in [3.8, 4) is 17.2 Å². The summed E-state index contributed by atoms with van der Waals surface area (Å²) in [5, 5.41) is 18.1. The molecule has 2 heterocycles. The third kappa shape index (κ3) is 6.29. The number of nitrogens with zero attached hydrogens (tertiary/aromatic N) is 4. The van der Waals surface area contributed by atoms with E-state index in [1.54, 1.807) is 63.7 Å². The zero-order valence-electron chi connectivity index (χ0n) is 20.4. The number of nitrogens with one attached hydrogen (secondary N) is 2. The molecule has 15 heteroatoms. The van der Waals surface area contributed by atoms with Gasteiger partial charge in [-0.3, -0.25) is 5.10 Å². The molecule has 0 saturated carbocycles. The van der Waals surface area contributed by atoms with Crippen molar-refractivity contribution in [2.24, 2.45) is 0 Å². The van der Waals surface area contributed by atoms with Crippen molar-refractivity contribution in [2.45, 2.75) is 6.18 Å². The molecule has 4 aromatic rings. The lowest BCUT2D eigenvalue weighted by atomic mass is 10.2. The minimum Gasteiger partial charge on any atom is -0.493 e. The third-order valence-corrected chi connectivity index (χ3v) is 4.97. The van der Waals surface area contributed by atoms with E-state index in [9.17, 15) is 17.6 Å². The van der Waals surface area contributed by atoms with Crippen LogP contribution < -0.4 is 24.4 Å². The van der Waals surface area contributed by atoms with Crippen molar-refractivity contribution in [1.29, 1.82) is 0 Å². The predicted octanol–water partition coefficient (Wildman–Crippen LogP) is 4.66. The van der Waals surface area contributed by atoms with Gasteiger partial charge in [-0.2, -0.15) is 23.3 Å². The van der Waals surface area contributed by atoms with E-state index in [1.165, 1.54) is 12.1 Å². The van der Waals surface area contributed by atoms with Crippen LogP contribution in [-0.2, 0) is 4.79 Å². The number of ether oxygens (including phenoxy) is 3. The lowest BCUT2D eigenvalue weighted by Crippen LogP contribution is -2.21. The van der Waals surface area contributed by atoms with Crippen LogP contribution in [0.15, 0.2) is 42.6 Å². The Bertz CT molecular complexity index is 1400. The molecule has 2 aromatic heterocycles. The SMILES string of the molecule is COc1cc(Nc2nccc(N(C)c3n[nH]c4ccc(F)cc34)n2)cc(OC)c1OC.O=C(O)C(F)(F)F. The Hall–Kier alpha value is -4.82. The van der Waals surface area contributed by atoms with Crippen molar-refractivity contribution >= 4 is 40.1 Å². The van der Waals surface area contributed by atoms with Crippen molar-refractivity contribution in [1.82, 2.24) is 20.2 Å². The number of carboxylic acids is 1. The van der Waals surface area contributed by atoms with Gasteiger partial charge in [-0.15, -0.1) is 0 Å². The maximum absolute atomic E-state index is 13.7. The standard InChI is InChI=1S/C21H21FN6O3.C2HF3O2/c1-28(20-14-9-12(22)5-6-15(14)26-27-20)18-7-8-23-21(25-18)24-13-10-16(29-2)19(31-4)17(11-13)30-3;3-2(4,5)1(6)7/h5-11H,1-4H3,(H,26,27)(H,23,24,25);(H,6,7). The normalized spacial score (nSPS) is 10.8. The monoisotopic (exact) mass is 538 g/mol. The van der Waals surface area contributed by atoms with Gasteiger partial charge in [0.1, 0.15) is 11.6 Å². The molecular weight excluding hydrogens is 516 g/mol. The molecule has 0 aliphatic rings. The molecule has 38 heavy (non-hydrogen) atoms. The van der Waals surface area contributed by atoms with Crippen LogP contribution in [0.3, 0.4) is 0 Å². The summed E-state index contributed by atoms with van der Waals surface area (Å²) in [7, 11) is 6.43. The Balaban J connectivity index is 0.000000505. The number of aromatic amines is 1. The van der Waals surface area contributed by atoms with Crippen LogP contribution in [0.25, 0.3) is 10.9 Å². The van der Waals surface area contributed by atoms with Crippen LogP contribution in [0.5, 0.6) is 17.2 Å². The number of aliphatic carboxylic acids is 1. The number of aromatic nitrogens is 4. The van der Waals surface area contributed by atoms with Gasteiger partial charge in [-0.05, 0) is 24.3 Å². The average Bonchev–Trinajstić information content (AvgIpc) is 3.30. The van der Waals surface area contributed by atoms with Crippen LogP contribution in [0.1, 0.15) is 0 Å². The van der Waals surface area contributed by atoms with Crippen LogP contribution in [0.2, 0.25) is 0 Å². The minimum absolute atomic E-state index is 0.337. The highest BCUT2D eigenvalue weighted by Gasteiger charge is 2.38. The summed E-state index contributed by atoms with van der Waals surface area (Å²) < 4.78 is 61.6. The molecular formula is C23H22F4N6O5. The van der Waals surface area contributed by atoms with Gasteiger partial charge in [-0.1, -0.05) is 0 Å². The first-order valence-corrected chi connectivity index (χ1v) is 10.6. The number of hydrogen-bond donors (Lipinski definition) is 3. The number of carbonyl (C=O) groups is 1. The molecule has 0 bridgehead atoms. The first-order valence-electron chi connectivity index (χ1n) is 10.6. The lowest BCUT2D eigenvalue weighted by Gasteiger charge is -2.17. The molecule has 0 aliphatic heterocycles. The van der Waals surface area contributed by atoms with Gasteiger partial charge >= 0.3 is 12.1 Å². The number of benzene rings is 2. The average molecular weight is 538 g/mol. The maximum Gasteiger partial charge on any atom is 0.490 e. The van der Waals surface area contributed by atoms with E-state index in [0.29, 0.717) is 45.9 Å². The second-order valence-corrected chi connectivity index (χ2v) is 7.38. The van der Waals surface area contributed by atoms with E-state index in [0.717, 1.165) is 5.52 Å². The smallest absolute Gasteiger partial charge is 0.490 e. The van der Waals surface area contributed by atoms with Crippen molar-refractivity contribution < 1.29 is 41.7 Å². The van der Waals surface area contributed by atoms with E-state index in [2.05, 4.69) is 25.5 Å². The van der Waals surface area contributed by atoms with Gasteiger partial charge in [0.2, 0.25) is 11.7 Å². The summed E-state index contributed by atoms with van der Waals surface area (Å²) in [4.78, 5) is 19.5. The zero-order chi connectivity index (χ0) is 28.0. The molecule has 11 nitrogen and oxygen atoms in total. The largest absolute Gasteiger partial charge is 0.493 e. The molecule has 0 spiro atoms. The fraction of sp³-hybridized carbons (Fsp3) is 0.217. The highest BCUT2D eigenvalue weighted by Crippen LogP contribution is 2.40. The molecule has 0 amide bonds. The van der Waals surface area contributed by atoms with Crippen LogP contribution in [-0.4, -0.2) is 65.8 Å². The Kier molecular flexibility index (Phi) is 8.39. The molecule has 0 aliphatic carbocycles. The Morgan fingerprint density at radius 3 is 2.24 bits per heavy atom. The Labute approximate surface area is 213 Å². The number of hydrogen-bond acceptors (Lipinski definition) is 9. The van der Waals surface area contributed by atoms with Crippen molar-refractivity contribution in [2.75, 3.05) is 38.6 Å². The van der Waals surface area contributed by atoms with E-state index in [-0.39, 0.29) is 5.82 Å². The zero-order valence-corrected chi connectivity index (χ0v) is 20.4. The van der Waals surface area contributed by atoms with Crippen molar-refractivity contribution in [3.63, 3.8) is 0 Å². The van der Waals surface area contributed by atoms with Gasteiger partial charge in [-0.25, -0.2) is 14.2 Å². The summed E-state index contributed by atoms with van der Waals surface area (Å²) in [6.45, 7) is 0. The summed E-state index contributed by atoms with van der Waals surface area (Å²) in [5.41, 5.74) is 1.38. The van der Waals surface area contributed by atoms with E-state index >= 15 is 0 Å². The van der Waals surface area contributed by atoms with Crippen LogP contribution >= 0.6 is 0 Å². The summed E-state index contributed by atoms with van der Waals surface area (Å²) in [5.74, 6) is -0.129. The molecule has 4 rings (SSSR count). The summed E-state index contributed by atoms with van der Waals surface area (Å²) in [6, 6.07) is 9.71. The van der Waals surface area contributed by atoms with E-state index in [1.807, 2.05) is 0 Å². The number of anilines is 4. The summed E-state index contributed by atoms with van der Waals surface area (Å²) in [6.07, 6.45) is -3.46. The van der Waals surface area contributed by atoms with Crippen LogP contribution in [0, 0.1) is 5.82 Å². The molecule has 0 fully saturated rings. The number of halogens is 4. The number of methoxy groups -OCH3 is 3. The number of rotatable bonds is 7. The summed E-state index contributed by atoms with van der Waals surface area (Å²) >= 11 is 0. The topological polar surface area (TPSA) is 135 Å². The molecule has 2 aromatic carbocycles. The number of alkyl halides is 3. The quantitative estimate of drug-likeness (QED) is 0.285. The molecule has 3 N–H and O–H groups in total. The number of fused-ring (bicyclic) bond motifs is 1. The minimum atomic E-state index is -5.08. The molecule has 202 valence electrons. The maximum atomic E-state index is 13.7. The van der Waals surface area contributed by atoms with Crippen molar-refractivity contribution in [3.05, 3.63) is 48.4 Å². The van der Waals surface area contributed by atoms with Gasteiger partial charge in [0, 0.05) is 36.5 Å². The number of carboxylic acid groups (broad SMARTS) is 1. The lowest BCUT2D eigenvalue weighted by molar-refractivity contribution is -0.192. The van der Waals surface area contributed by atoms with Gasteiger partial charge < -0.3 is 29.5 Å². The van der Waals surface area contributed by atoms with Gasteiger partial charge in [0.25, 0.3) is 0 Å². The molecule has 0 unspecified atom stereocenters. The molecule has 0 atom stereocenters. The second kappa shape index (κ2) is 11.5. The Morgan fingerprint density at radius 2 is 1.68 bits per heavy atom. The highest BCUT2D eigenvalue weighted by atomic mass is 19.4. The predicted molar refractivity (Wildman–Crippen MR) is 129 cm³/mol. The second-order valence-electron chi connectivity index (χ2n) is 7.38. The fourth-order valence-corrected chi connectivity index (χ4v) is 3.22. The molecule has 0 saturated heterocycles. The van der Waals surface area contributed by atoms with Gasteiger partial charge in [0.05, 0.1) is 26.8 Å². The first kappa shape index (κ1) is 27.8. The van der Waals surface area contributed by atoms with E-state index in [4.69, 9.17) is 24.1 Å². The van der Waals surface area contributed by atoms with E-state index < -0.39 is 12.1 Å². The fourth-order valence-electron chi connectivity index (χ4n) is 3.22. The van der Waals surface area contributed by atoms with Crippen LogP contribution in [0.4, 0.5) is 40.8 Å². The first-order chi connectivity index (χ1) is 18.0. The Morgan fingerprint density at radius 1 is 1.05 bits per heavy atom. The number of H-pyrrole nitrogens is 1. The van der Waals surface area contributed by atoms with Gasteiger partial charge in [0.15, 0.2) is 17.3 Å². The highest BCUT2D eigenvalue weighted by molar-refractivity contribution is 5.91.